The maximum Gasteiger partial charge on any atom is 0.123 e. The van der Waals surface area contributed by atoms with Crippen LogP contribution in [-0.4, -0.2) is 6.29 Å². The molecule has 68 valence electrons. The van der Waals surface area contributed by atoms with Crippen LogP contribution in [0.1, 0.15) is 17.5 Å². The second kappa shape index (κ2) is 4.83. The summed E-state index contributed by atoms with van der Waals surface area (Å²) in [6.45, 7) is 1.99. The molecule has 1 aromatic rings. The van der Waals surface area contributed by atoms with E-state index in [9.17, 15) is 4.79 Å². The van der Waals surface area contributed by atoms with E-state index in [2.05, 4.69) is 0 Å². The lowest BCUT2D eigenvalue weighted by Gasteiger charge is -1.98. The number of aryl methyl sites for hydroxylation is 1. The van der Waals surface area contributed by atoms with E-state index in [4.69, 9.17) is 11.6 Å². The fourth-order valence-electron chi connectivity index (χ4n) is 1.02. The zero-order valence-corrected chi connectivity index (χ0v) is 8.21. The molecule has 1 aromatic carbocycles. The highest BCUT2D eigenvalue weighted by molar-refractivity contribution is 6.32. The molecular weight excluding hydrogens is 184 g/mol. The number of carbonyl (C=O) groups excluding carboxylic acids is 1. The highest BCUT2D eigenvalue weighted by atomic mass is 35.5. The lowest BCUT2D eigenvalue weighted by atomic mass is 10.1. The van der Waals surface area contributed by atoms with Gasteiger partial charge in [-0.25, -0.2) is 0 Å². The van der Waals surface area contributed by atoms with Gasteiger partial charge in [0.25, 0.3) is 0 Å². The molecule has 0 radical (unpaired) electrons. The largest absolute Gasteiger partial charge is 0.303 e. The standard InChI is InChI=1S/C11H11ClO/c1-9-5-6-10(11(12)8-9)4-2-3-7-13/h2,4-8H,3H2,1H3. The van der Waals surface area contributed by atoms with Gasteiger partial charge in [0, 0.05) is 11.4 Å². The quantitative estimate of drug-likeness (QED) is 0.676. The van der Waals surface area contributed by atoms with Crippen molar-refractivity contribution in [2.24, 2.45) is 0 Å². The number of hydrogen-bond donors (Lipinski definition) is 0. The molecule has 1 rings (SSSR count). The number of hydrogen-bond acceptors (Lipinski definition) is 1. The van der Waals surface area contributed by atoms with Gasteiger partial charge in [-0.05, 0) is 24.1 Å². The lowest BCUT2D eigenvalue weighted by molar-refractivity contribution is -0.107. The topological polar surface area (TPSA) is 17.1 Å². The first-order valence-corrected chi connectivity index (χ1v) is 4.48. The number of allylic oxidation sites excluding steroid dienone is 1. The molecule has 0 bridgehead atoms. The van der Waals surface area contributed by atoms with Gasteiger partial charge in [0.2, 0.25) is 0 Å². The summed E-state index contributed by atoms with van der Waals surface area (Å²) in [5.41, 5.74) is 2.09. The average molecular weight is 195 g/mol. The lowest BCUT2D eigenvalue weighted by Crippen LogP contribution is -1.77. The van der Waals surface area contributed by atoms with Crippen molar-refractivity contribution in [2.45, 2.75) is 13.3 Å². The maximum atomic E-state index is 10.0. The Morgan fingerprint density at radius 2 is 2.23 bits per heavy atom. The van der Waals surface area contributed by atoms with Crippen LogP contribution in [0.3, 0.4) is 0 Å². The molecule has 0 heterocycles. The zero-order chi connectivity index (χ0) is 9.68. The van der Waals surface area contributed by atoms with Crippen molar-refractivity contribution in [3.05, 3.63) is 40.4 Å². The smallest absolute Gasteiger partial charge is 0.123 e. The van der Waals surface area contributed by atoms with Crippen molar-refractivity contribution in [1.82, 2.24) is 0 Å². The van der Waals surface area contributed by atoms with E-state index in [1.807, 2.05) is 31.2 Å². The van der Waals surface area contributed by atoms with Crippen molar-refractivity contribution in [3.63, 3.8) is 0 Å². The van der Waals surface area contributed by atoms with E-state index in [0.717, 1.165) is 22.4 Å². The van der Waals surface area contributed by atoms with Gasteiger partial charge in [-0.15, -0.1) is 0 Å². The van der Waals surface area contributed by atoms with Crippen LogP contribution in [0.5, 0.6) is 0 Å². The summed E-state index contributed by atoms with van der Waals surface area (Å²) in [5, 5.41) is 0.724. The summed E-state index contributed by atoms with van der Waals surface area (Å²) in [4.78, 5) is 10.0. The highest BCUT2D eigenvalue weighted by Crippen LogP contribution is 2.18. The molecular formula is C11H11ClO. The van der Waals surface area contributed by atoms with Crippen LogP contribution in [-0.2, 0) is 4.79 Å². The van der Waals surface area contributed by atoms with E-state index < -0.39 is 0 Å². The van der Waals surface area contributed by atoms with E-state index in [-0.39, 0.29) is 0 Å². The minimum absolute atomic E-state index is 0.435. The second-order valence-corrected chi connectivity index (χ2v) is 3.24. The fourth-order valence-corrected chi connectivity index (χ4v) is 1.32. The molecule has 0 atom stereocenters. The first kappa shape index (κ1) is 10.0. The molecule has 0 fully saturated rings. The van der Waals surface area contributed by atoms with Crippen molar-refractivity contribution >= 4 is 24.0 Å². The van der Waals surface area contributed by atoms with Crippen molar-refractivity contribution in [3.8, 4) is 0 Å². The van der Waals surface area contributed by atoms with Gasteiger partial charge in [-0.2, -0.15) is 0 Å². The van der Waals surface area contributed by atoms with Crippen molar-refractivity contribution < 1.29 is 4.79 Å². The van der Waals surface area contributed by atoms with Crippen LogP contribution in [0.25, 0.3) is 6.08 Å². The third-order valence-corrected chi connectivity index (χ3v) is 2.01. The summed E-state index contributed by atoms with van der Waals surface area (Å²) >= 11 is 5.97. The molecule has 0 N–H and O–H groups in total. The summed E-state index contributed by atoms with van der Waals surface area (Å²) < 4.78 is 0. The maximum absolute atomic E-state index is 10.0. The molecule has 0 aliphatic carbocycles. The minimum Gasteiger partial charge on any atom is -0.303 e. The predicted molar refractivity (Wildman–Crippen MR) is 55.9 cm³/mol. The number of benzene rings is 1. The second-order valence-electron chi connectivity index (χ2n) is 2.83. The number of halogens is 1. The summed E-state index contributed by atoms with van der Waals surface area (Å²) in [6.07, 6.45) is 4.95. The Balaban J connectivity index is 2.83. The zero-order valence-electron chi connectivity index (χ0n) is 7.46. The van der Waals surface area contributed by atoms with Gasteiger partial charge in [0.05, 0.1) is 0 Å². The molecule has 0 unspecified atom stereocenters. The van der Waals surface area contributed by atoms with Crippen LogP contribution >= 0.6 is 11.6 Å². The number of aldehydes is 1. The molecule has 0 aliphatic heterocycles. The first-order valence-electron chi connectivity index (χ1n) is 4.10. The van der Waals surface area contributed by atoms with Crippen LogP contribution in [0, 0.1) is 6.92 Å². The van der Waals surface area contributed by atoms with E-state index in [1.165, 1.54) is 0 Å². The Labute approximate surface area is 83.0 Å². The fraction of sp³-hybridized carbons (Fsp3) is 0.182. The van der Waals surface area contributed by atoms with Gasteiger partial charge in [-0.1, -0.05) is 35.9 Å². The highest BCUT2D eigenvalue weighted by Gasteiger charge is 1.94. The predicted octanol–water partition coefficient (Wildman–Crippen LogP) is 3.25. The monoisotopic (exact) mass is 194 g/mol. The molecule has 0 saturated heterocycles. The SMILES string of the molecule is Cc1ccc(C=CCC=O)c(Cl)c1. The van der Waals surface area contributed by atoms with Gasteiger partial charge < -0.3 is 4.79 Å². The molecule has 2 heteroatoms. The number of carbonyl (C=O) groups is 1. The molecule has 0 saturated carbocycles. The molecule has 13 heavy (non-hydrogen) atoms. The Morgan fingerprint density at radius 3 is 2.85 bits per heavy atom. The van der Waals surface area contributed by atoms with Gasteiger partial charge in [0.15, 0.2) is 0 Å². The van der Waals surface area contributed by atoms with E-state index in [0.29, 0.717) is 6.42 Å². The van der Waals surface area contributed by atoms with Crippen molar-refractivity contribution in [2.75, 3.05) is 0 Å². The third kappa shape index (κ3) is 3.03. The molecule has 0 spiro atoms. The molecule has 1 nitrogen and oxygen atoms in total. The van der Waals surface area contributed by atoms with Gasteiger partial charge in [0.1, 0.15) is 6.29 Å². The molecule has 0 amide bonds. The van der Waals surface area contributed by atoms with Gasteiger partial charge in [-0.3, -0.25) is 0 Å². The molecule has 0 aliphatic rings. The summed E-state index contributed by atoms with van der Waals surface area (Å²) in [7, 11) is 0. The van der Waals surface area contributed by atoms with Crippen molar-refractivity contribution in [1.29, 1.82) is 0 Å². The Kier molecular flexibility index (Phi) is 3.71. The van der Waals surface area contributed by atoms with Crippen LogP contribution < -0.4 is 0 Å². The minimum atomic E-state index is 0.435. The Bertz CT molecular complexity index is 329. The van der Waals surface area contributed by atoms with E-state index in [1.54, 1.807) is 6.08 Å². The Morgan fingerprint density at radius 1 is 1.46 bits per heavy atom. The van der Waals surface area contributed by atoms with Gasteiger partial charge >= 0.3 is 0 Å². The number of rotatable bonds is 3. The van der Waals surface area contributed by atoms with E-state index >= 15 is 0 Å². The first-order chi connectivity index (χ1) is 6.24. The van der Waals surface area contributed by atoms with Crippen LogP contribution in [0.2, 0.25) is 5.02 Å². The normalized spacial score (nSPS) is 10.6. The van der Waals surface area contributed by atoms with Crippen LogP contribution in [0.4, 0.5) is 0 Å². The molecule has 0 aromatic heterocycles. The average Bonchev–Trinajstić information content (AvgIpc) is 2.09. The van der Waals surface area contributed by atoms with Crippen LogP contribution in [0.15, 0.2) is 24.3 Å². The summed E-state index contributed by atoms with van der Waals surface area (Å²) in [6, 6.07) is 5.84. The Hall–Kier alpha value is -1.08. The third-order valence-electron chi connectivity index (χ3n) is 1.69. The summed E-state index contributed by atoms with van der Waals surface area (Å²) in [5.74, 6) is 0.